The molecule has 5 nitrogen and oxygen atoms in total. The number of aromatic nitrogens is 1. The van der Waals surface area contributed by atoms with Gasteiger partial charge in [-0.25, -0.2) is 13.8 Å². The fourth-order valence-corrected chi connectivity index (χ4v) is 5.08. The molecule has 1 aliphatic rings. The number of hydrogen-bond acceptors (Lipinski definition) is 5. The number of carbonyl (C=O) groups excluding carboxylic acids is 1. The molecule has 0 radical (unpaired) electrons. The molecule has 1 aliphatic heterocycles. The van der Waals surface area contributed by atoms with Crippen LogP contribution in [0.1, 0.15) is 29.3 Å². The lowest BCUT2D eigenvalue weighted by molar-refractivity contribution is -0.121. The number of allylic oxidation sites excluding steroid dienone is 3. The minimum Gasteiger partial charge on any atom is -0.508 e. The first-order valence-corrected chi connectivity index (χ1v) is 12.6. The summed E-state index contributed by atoms with van der Waals surface area (Å²) in [5.74, 6) is -1.65. The molecule has 0 aliphatic carbocycles. The minimum atomic E-state index is -0.684. The molecule has 1 atom stereocenters. The van der Waals surface area contributed by atoms with E-state index >= 15 is 0 Å². The van der Waals surface area contributed by atoms with Gasteiger partial charge in [-0.15, -0.1) is 11.3 Å². The van der Waals surface area contributed by atoms with Crippen molar-refractivity contribution in [1.82, 2.24) is 15.6 Å². The Morgan fingerprint density at radius 3 is 2.76 bits per heavy atom. The minimum absolute atomic E-state index is 0.0204. The van der Waals surface area contributed by atoms with Gasteiger partial charge in [-0.2, -0.15) is 0 Å². The third-order valence-electron chi connectivity index (χ3n) is 5.90. The number of carbonyl (C=O) groups is 1. The fraction of sp³-hybridized carbons (Fsp3) is 0.172. The summed E-state index contributed by atoms with van der Waals surface area (Å²) in [7, 11) is 0. The zero-order valence-corrected chi connectivity index (χ0v) is 21.1. The second-order valence-electron chi connectivity index (χ2n) is 8.73. The average molecular weight is 520 g/mol. The second kappa shape index (κ2) is 11.8. The van der Waals surface area contributed by atoms with Crippen LogP contribution in [0.25, 0.3) is 10.4 Å². The molecule has 0 spiro atoms. The molecule has 0 saturated carbocycles. The van der Waals surface area contributed by atoms with Crippen molar-refractivity contribution in [3.8, 4) is 10.4 Å². The number of rotatable bonds is 7. The summed E-state index contributed by atoms with van der Waals surface area (Å²) >= 11 is 1.44. The van der Waals surface area contributed by atoms with Crippen LogP contribution in [0, 0.1) is 18.6 Å². The SMILES string of the molecule is C=C1/C=C(O)\C=C/CNC=C1CC(=O)NC(Cc1cc(F)cc(F)c1)c1ncsc1-c1ccccc1C. The molecule has 1 amide bonds. The molecule has 3 N–H and O–H groups in total. The Kier molecular flexibility index (Phi) is 8.30. The Bertz CT molecular complexity index is 1390. The summed E-state index contributed by atoms with van der Waals surface area (Å²) < 4.78 is 27.9. The predicted octanol–water partition coefficient (Wildman–Crippen LogP) is 6.23. The molecule has 3 aromatic rings. The number of hydrogen-bond donors (Lipinski definition) is 3. The van der Waals surface area contributed by atoms with Crippen molar-refractivity contribution in [2.24, 2.45) is 0 Å². The number of amides is 1. The number of nitrogens with zero attached hydrogens (tertiary/aromatic N) is 1. The van der Waals surface area contributed by atoms with E-state index in [-0.39, 0.29) is 24.5 Å². The van der Waals surface area contributed by atoms with Gasteiger partial charge in [0.05, 0.1) is 28.5 Å². The normalized spacial score (nSPS) is 16.8. The van der Waals surface area contributed by atoms with Gasteiger partial charge in [0.1, 0.15) is 17.4 Å². The summed E-state index contributed by atoms with van der Waals surface area (Å²) in [5, 5.41) is 16.1. The van der Waals surface area contributed by atoms with E-state index in [1.807, 2.05) is 31.2 Å². The molecule has 0 fully saturated rings. The van der Waals surface area contributed by atoms with Crippen molar-refractivity contribution in [1.29, 1.82) is 0 Å². The number of aryl methyl sites for hydroxylation is 1. The first kappa shape index (κ1) is 26.0. The van der Waals surface area contributed by atoms with Crippen LogP contribution in [-0.4, -0.2) is 22.5 Å². The van der Waals surface area contributed by atoms with E-state index in [1.54, 1.807) is 23.9 Å². The number of aliphatic hydroxyl groups excluding tert-OH is 1. The number of aliphatic hydroxyl groups is 1. The van der Waals surface area contributed by atoms with Crippen molar-refractivity contribution in [3.05, 3.63) is 124 Å². The van der Waals surface area contributed by atoms with Gasteiger partial charge in [-0.3, -0.25) is 4.79 Å². The van der Waals surface area contributed by atoms with Gasteiger partial charge >= 0.3 is 0 Å². The Balaban J connectivity index is 1.64. The van der Waals surface area contributed by atoms with Gasteiger partial charge in [-0.05, 0) is 65.5 Å². The van der Waals surface area contributed by atoms with E-state index in [9.17, 15) is 18.7 Å². The molecular weight excluding hydrogens is 492 g/mol. The topological polar surface area (TPSA) is 74.2 Å². The van der Waals surface area contributed by atoms with Crippen LogP contribution in [0.4, 0.5) is 8.78 Å². The number of thiazole rings is 1. The van der Waals surface area contributed by atoms with E-state index in [0.717, 1.165) is 22.1 Å². The maximum absolute atomic E-state index is 14.0. The lowest BCUT2D eigenvalue weighted by Crippen LogP contribution is -2.31. The van der Waals surface area contributed by atoms with Crippen LogP contribution in [0.3, 0.4) is 0 Å². The maximum atomic E-state index is 14.0. The molecule has 0 saturated heterocycles. The second-order valence-corrected chi connectivity index (χ2v) is 9.59. The molecule has 190 valence electrons. The summed E-state index contributed by atoms with van der Waals surface area (Å²) in [6.07, 6.45) is 6.62. The van der Waals surface area contributed by atoms with E-state index < -0.39 is 17.7 Å². The molecule has 8 heteroatoms. The predicted molar refractivity (Wildman–Crippen MR) is 143 cm³/mol. The Morgan fingerprint density at radius 2 is 2.00 bits per heavy atom. The summed E-state index contributed by atoms with van der Waals surface area (Å²) in [5.41, 5.74) is 5.85. The lowest BCUT2D eigenvalue weighted by atomic mass is 9.98. The van der Waals surface area contributed by atoms with Gasteiger partial charge < -0.3 is 15.7 Å². The number of benzene rings is 2. The van der Waals surface area contributed by atoms with Crippen LogP contribution in [0.5, 0.6) is 0 Å². The molecular formula is C29H27F2N3O2S. The van der Waals surface area contributed by atoms with Crippen LogP contribution in [0.2, 0.25) is 0 Å². The largest absolute Gasteiger partial charge is 0.508 e. The quantitative estimate of drug-likeness (QED) is 0.346. The van der Waals surface area contributed by atoms with Crippen molar-refractivity contribution in [2.45, 2.75) is 25.8 Å². The average Bonchev–Trinajstić information content (AvgIpc) is 3.33. The third-order valence-corrected chi connectivity index (χ3v) is 6.77. The van der Waals surface area contributed by atoms with Gasteiger partial charge in [0, 0.05) is 18.8 Å². The summed E-state index contributed by atoms with van der Waals surface area (Å²) in [6, 6.07) is 10.6. The smallest absolute Gasteiger partial charge is 0.225 e. The zero-order chi connectivity index (χ0) is 26.4. The van der Waals surface area contributed by atoms with E-state index in [1.165, 1.54) is 29.5 Å². The highest BCUT2D eigenvalue weighted by Crippen LogP contribution is 2.35. The Hall–Kier alpha value is -4.04. The molecule has 2 aromatic carbocycles. The summed E-state index contributed by atoms with van der Waals surface area (Å²) in [4.78, 5) is 18.7. The van der Waals surface area contributed by atoms with Crippen LogP contribution < -0.4 is 10.6 Å². The van der Waals surface area contributed by atoms with E-state index in [0.29, 0.717) is 28.9 Å². The van der Waals surface area contributed by atoms with E-state index in [2.05, 4.69) is 22.2 Å². The van der Waals surface area contributed by atoms with Crippen molar-refractivity contribution < 1.29 is 18.7 Å². The molecule has 0 bridgehead atoms. The molecule has 2 heterocycles. The van der Waals surface area contributed by atoms with Crippen LogP contribution in [-0.2, 0) is 11.2 Å². The molecule has 4 rings (SSSR count). The number of halogens is 2. The van der Waals surface area contributed by atoms with E-state index in [4.69, 9.17) is 0 Å². The maximum Gasteiger partial charge on any atom is 0.225 e. The van der Waals surface area contributed by atoms with Crippen molar-refractivity contribution >= 4 is 17.2 Å². The highest BCUT2D eigenvalue weighted by atomic mass is 32.1. The lowest BCUT2D eigenvalue weighted by Gasteiger charge is -2.20. The summed E-state index contributed by atoms with van der Waals surface area (Å²) in [6.45, 7) is 6.44. The van der Waals surface area contributed by atoms with Crippen molar-refractivity contribution in [3.63, 3.8) is 0 Å². The van der Waals surface area contributed by atoms with Crippen molar-refractivity contribution in [2.75, 3.05) is 6.54 Å². The molecule has 37 heavy (non-hydrogen) atoms. The van der Waals surface area contributed by atoms with Crippen LogP contribution >= 0.6 is 11.3 Å². The molecule has 1 unspecified atom stereocenters. The zero-order valence-electron chi connectivity index (χ0n) is 20.3. The number of nitrogens with one attached hydrogen (secondary N) is 2. The third kappa shape index (κ3) is 6.80. The Labute approximate surface area is 218 Å². The molecule has 1 aromatic heterocycles. The van der Waals surface area contributed by atoms with Gasteiger partial charge in [0.2, 0.25) is 5.91 Å². The highest BCUT2D eigenvalue weighted by molar-refractivity contribution is 7.13. The standard InChI is InChI=1S/C29H27F2N3O2S/c1-18-6-3-4-8-25(18)29-28(33-17-37-29)26(13-20-11-22(30)15-23(31)12-20)34-27(36)14-21-16-32-9-5-7-24(35)10-19(21)2/h3-8,10-12,15-17,26,32,35H,2,9,13-14H2,1H3,(H,34,36)/b7-5-,21-16?,24-10+. The van der Waals surface area contributed by atoms with Gasteiger partial charge in [-0.1, -0.05) is 36.9 Å². The fourth-order valence-electron chi connectivity index (χ4n) is 4.14. The first-order valence-electron chi connectivity index (χ1n) is 11.7. The van der Waals surface area contributed by atoms with Gasteiger partial charge in [0.25, 0.3) is 0 Å². The van der Waals surface area contributed by atoms with Crippen LogP contribution in [0.15, 0.2) is 95.9 Å². The monoisotopic (exact) mass is 519 g/mol. The Morgan fingerprint density at radius 1 is 1.24 bits per heavy atom. The first-order chi connectivity index (χ1) is 17.8. The van der Waals surface area contributed by atoms with Gasteiger partial charge in [0.15, 0.2) is 0 Å². The highest BCUT2D eigenvalue weighted by Gasteiger charge is 2.24.